The normalized spacial score (nSPS) is 18.2. The Morgan fingerprint density at radius 1 is 1.39 bits per heavy atom. The van der Waals surface area contributed by atoms with Gasteiger partial charge in [0, 0.05) is 6.54 Å². The van der Waals surface area contributed by atoms with E-state index >= 15 is 0 Å². The van der Waals surface area contributed by atoms with Gasteiger partial charge in [0.1, 0.15) is 23.5 Å². The van der Waals surface area contributed by atoms with Gasteiger partial charge in [-0.2, -0.15) is 5.26 Å². The molecule has 5 heteroatoms. The second kappa shape index (κ2) is 6.91. The molecule has 1 amide bonds. The molecule has 1 aromatic carbocycles. The number of nitriles is 1. The van der Waals surface area contributed by atoms with Crippen LogP contribution in [-0.4, -0.2) is 35.8 Å². The first-order valence-corrected chi connectivity index (χ1v) is 7.94. The number of ether oxygens (including phenoxy) is 2. The topological polar surface area (TPSA) is 62.6 Å². The Morgan fingerprint density at radius 2 is 2.13 bits per heavy atom. The lowest BCUT2D eigenvalue weighted by atomic mass is 10.1. The molecule has 1 heterocycles. The minimum Gasteiger partial charge on any atom is -0.487 e. The predicted molar refractivity (Wildman–Crippen MR) is 87.4 cm³/mol. The van der Waals surface area contributed by atoms with Crippen molar-refractivity contribution in [1.82, 2.24) is 4.90 Å². The van der Waals surface area contributed by atoms with E-state index in [9.17, 15) is 10.1 Å². The molecule has 1 aliphatic rings. The molecule has 1 aromatic rings. The first kappa shape index (κ1) is 17.1. The summed E-state index contributed by atoms with van der Waals surface area (Å²) in [4.78, 5) is 13.9. The summed E-state index contributed by atoms with van der Waals surface area (Å²) in [6, 6.07) is 7.75. The van der Waals surface area contributed by atoms with E-state index < -0.39 is 5.60 Å². The quantitative estimate of drug-likeness (QED) is 0.835. The number of likely N-dealkylation sites (tertiary alicyclic amines) is 1. The Morgan fingerprint density at radius 3 is 2.78 bits per heavy atom. The van der Waals surface area contributed by atoms with Crippen LogP contribution in [0, 0.1) is 18.3 Å². The monoisotopic (exact) mass is 316 g/mol. The third kappa shape index (κ3) is 4.62. The molecule has 1 unspecified atom stereocenters. The Balaban J connectivity index is 2.04. The van der Waals surface area contributed by atoms with Crippen LogP contribution in [0.15, 0.2) is 18.2 Å². The van der Waals surface area contributed by atoms with Gasteiger partial charge < -0.3 is 14.4 Å². The minimum atomic E-state index is -0.505. The maximum Gasteiger partial charge on any atom is 0.410 e. The molecule has 5 nitrogen and oxygen atoms in total. The molecule has 0 N–H and O–H groups in total. The summed E-state index contributed by atoms with van der Waals surface area (Å²) in [6.07, 6.45) is 1.29. The van der Waals surface area contributed by atoms with E-state index in [0.717, 1.165) is 18.4 Å². The van der Waals surface area contributed by atoms with Gasteiger partial charge in [0.2, 0.25) is 0 Å². The second-order valence-corrected chi connectivity index (χ2v) is 6.87. The Hall–Kier alpha value is -2.22. The fourth-order valence-corrected chi connectivity index (χ4v) is 2.59. The Bertz CT molecular complexity index is 614. The largest absolute Gasteiger partial charge is 0.487 e. The number of piperidine rings is 1. The number of aryl methyl sites for hydroxylation is 1. The van der Waals surface area contributed by atoms with Crippen LogP contribution in [0.25, 0.3) is 0 Å². The molecule has 23 heavy (non-hydrogen) atoms. The van der Waals surface area contributed by atoms with Gasteiger partial charge in [-0.25, -0.2) is 4.79 Å². The van der Waals surface area contributed by atoms with Crippen molar-refractivity contribution in [3.8, 4) is 11.8 Å². The minimum absolute atomic E-state index is 0.120. The van der Waals surface area contributed by atoms with E-state index in [-0.39, 0.29) is 12.2 Å². The number of hydrogen-bond acceptors (Lipinski definition) is 4. The number of carbonyl (C=O) groups excluding carboxylic acids is 1. The zero-order valence-corrected chi connectivity index (χ0v) is 14.3. The van der Waals surface area contributed by atoms with Gasteiger partial charge in [0.05, 0.1) is 12.1 Å². The summed E-state index contributed by atoms with van der Waals surface area (Å²) < 4.78 is 11.4. The highest BCUT2D eigenvalue weighted by atomic mass is 16.6. The molecular formula is C18H24N2O3. The van der Waals surface area contributed by atoms with E-state index in [2.05, 4.69) is 6.07 Å². The van der Waals surface area contributed by atoms with Crippen molar-refractivity contribution >= 4 is 6.09 Å². The number of hydrogen-bond donors (Lipinski definition) is 0. The summed E-state index contributed by atoms with van der Waals surface area (Å²) in [7, 11) is 0. The molecule has 1 aliphatic heterocycles. The first-order chi connectivity index (χ1) is 10.8. The summed E-state index contributed by atoms with van der Waals surface area (Å²) in [5.74, 6) is 0.587. The van der Waals surface area contributed by atoms with E-state index in [1.807, 2.05) is 39.8 Å². The molecule has 1 atom stereocenters. The summed E-state index contributed by atoms with van der Waals surface area (Å²) in [5.41, 5.74) is 0.946. The van der Waals surface area contributed by atoms with Crippen LogP contribution >= 0.6 is 0 Å². The molecule has 1 saturated heterocycles. The lowest BCUT2D eigenvalue weighted by molar-refractivity contribution is 0.00772. The van der Waals surface area contributed by atoms with E-state index in [1.165, 1.54) is 0 Å². The summed E-state index contributed by atoms with van der Waals surface area (Å²) in [6.45, 7) is 8.61. The number of carbonyl (C=O) groups is 1. The highest BCUT2D eigenvalue weighted by molar-refractivity contribution is 5.68. The molecule has 0 bridgehead atoms. The van der Waals surface area contributed by atoms with Crippen LogP contribution in [0.2, 0.25) is 0 Å². The van der Waals surface area contributed by atoms with Gasteiger partial charge in [-0.3, -0.25) is 0 Å². The average molecular weight is 316 g/mol. The Labute approximate surface area is 137 Å². The standard InChI is InChI=1S/C18H24N2O3/c1-13-7-5-9-16(15(13)11-19)22-14-8-6-10-20(12-14)17(21)23-18(2,3)4/h5,7,9,14H,6,8,10,12H2,1-4H3. The highest BCUT2D eigenvalue weighted by Gasteiger charge is 2.29. The molecule has 0 aliphatic carbocycles. The molecule has 124 valence electrons. The molecular weight excluding hydrogens is 292 g/mol. The average Bonchev–Trinajstić information content (AvgIpc) is 2.46. The van der Waals surface area contributed by atoms with Crippen LogP contribution in [-0.2, 0) is 4.74 Å². The Kier molecular flexibility index (Phi) is 5.15. The van der Waals surface area contributed by atoms with Crippen molar-refractivity contribution in [3.63, 3.8) is 0 Å². The zero-order valence-electron chi connectivity index (χ0n) is 14.3. The van der Waals surface area contributed by atoms with E-state index in [1.54, 1.807) is 11.0 Å². The van der Waals surface area contributed by atoms with Crippen molar-refractivity contribution in [2.75, 3.05) is 13.1 Å². The first-order valence-electron chi connectivity index (χ1n) is 7.94. The third-order valence-corrected chi connectivity index (χ3v) is 3.67. The summed E-state index contributed by atoms with van der Waals surface area (Å²) in [5, 5.41) is 9.28. The lowest BCUT2D eigenvalue weighted by Gasteiger charge is -2.34. The fraction of sp³-hybridized carbons (Fsp3) is 0.556. The number of amides is 1. The lowest BCUT2D eigenvalue weighted by Crippen LogP contribution is -2.46. The van der Waals surface area contributed by atoms with Crippen LogP contribution < -0.4 is 4.74 Å². The zero-order chi connectivity index (χ0) is 17.0. The molecule has 0 saturated carbocycles. The van der Waals surface area contributed by atoms with Gasteiger partial charge in [-0.1, -0.05) is 12.1 Å². The number of benzene rings is 1. The van der Waals surface area contributed by atoms with E-state index in [4.69, 9.17) is 9.47 Å². The van der Waals surface area contributed by atoms with Gasteiger partial charge >= 0.3 is 6.09 Å². The molecule has 0 aromatic heterocycles. The maximum atomic E-state index is 12.2. The third-order valence-electron chi connectivity index (χ3n) is 3.67. The molecule has 0 spiro atoms. The highest BCUT2D eigenvalue weighted by Crippen LogP contribution is 2.25. The van der Waals surface area contributed by atoms with Crippen molar-refractivity contribution in [3.05, 3.63) is 29.3 Å². The van der Waals surface area contributed by atoms with Gasteiger partial charge in [-0.05, 0) is 52.2 Å². The van der Waals surface area contributed by atoms with Crippen LogP contribution in [0.4, 0.5) is 4.79 Å². The van der Waals surface area contributed by atoms with Crippen LogP contribution in [0.5, 0.6) is 5.75 Å². The maximum absolute atomic E-state index is 12.2. The molecule has 1 fully saturated rings. The smallest absolute Gasteiger partial charge is 0.410 e. The summed E-state index contributed by atoms with van der Waals surface area (Å²) >= 11 is 0. The van der Waals surface area contributed by atoms with Crippen molar-refractivity contribution in [2.24, 2.45) is 0 Å². The van der Waals surface area contributed by atoms with Gasteiger partial charge in [0.15, 0.2) is 0 Å². The van der Waals surface area contributed by atoms with Crippen molar-refractivity contribution in [2.45, 2.75) is 52.2 Å². The van der Waals surface area contributed by atoms with Crippen molar-refractivity contribution in [1.29, 1.82) is 5.26 Å². The van der Waals surface area contributed by atoms with Crippen LogP contribution in [0.3, 0.4) is 0 Å². The number of nitrogens with zero attached hydrogens (tertiary/aromatic N) is 2. The SMILES string of the molecule is Cc1cccc(OC2CCCN(C(=O)OC(C)(C)C)C2)c1C#N. The second-order valence-electron chi connectivity index (χ2n) is 6.87. The van der Waals surface area contributed by atoms with E-state index in [0.29, 0.717) is 24.4 Å². The predicted octanol–water partition coefficient (Wildman–Crippen LogP) is 3.65. The van der Waals surface area contributed by atoms with Crippen molar-refractivity contribution < 1.29 is 14.3 Å². The fourth-order valence-electron chi connectivity index (χ4n) is 2.59. The molecule has 2 rings (SSSR count). The number of rotatable bonds is 2. The van der Waals surface area contributed by atoms with Gasteiger partial charge in [-0.15, -0.1) is 0 Å². The molecule has 0 radical (unpaired) electrons. The van der Waals surface area contributed by atoms with Crippen LogP contribution in [0.1, 0.15) is 44.7 Å². The van der Waals surface area contributed by atoms with Gasteiger partial charge in [0.25, 0.3) is 0 Å².